The van der Waals surface area contributed by atoms with Crippen LogP contribution in [0.2, 0.25) is 0 Å². The molecule has 0 fully saturated rings. The van der Waals surface area contributed by atoms with Crippen LogP contribution in [0.3, 0.4) is 0 Å². The molecule has 36 heavy (non-hydrogen) atoms. The molecular formula is C27H29N7O2. The number of methoxy groups -OCH3 is 1. The van der Waals surface area contributed by atoms with Gasteiger partial charge in [0.2, 0.25) is 0 Å². The number of ether oxygens (including phenoxy) is 1. The largest absolute Gasteiger partial charge is 0.380 e. The molecule has 1 N–H and O–H groups in total. The number of H-pyrrole nitrogens is 1. The van der Waals surface area contributed by atoms with Gasteiger partial charge in [-0.05, 0) is 50.6 Å². The van der Waals surface area contributed by atoms with Gasteiger partial charge in [0, 0.05) is 43.9 Å². The molecule has 4 heterocycles. The number of aromatic nitrogens is 6. The maximum atomic E-state index is 13.8. The zero-order valence-corrected chi connectivity index (χ0v) is 21.2. The summed E-state index contributed by atoms with van der Waals surface area (Å²) in [6, 6.07) is 9.64. The van der Waals surface area contributed by atoms with Gasteiger partial charge in [-0.3, -0.25) is 9.48 Å². The average molecular weight is 484 g/mol. The Bertz CT molecular complexity index is 1580. The highest BCUT2D eigenvalue weighted by molar-refractivity contribution is 6.07. The molecule has 0 saturated carbocycles. The summed E-state index contributed by atoms with van der Waals surface area (Å²) in [7, 11) is 3.47. The van der Waals surface area contributed by atoms with Crippen LogP contribution in [0.25, 0.3) is 33.3 Å². The molecule has 0 spiro atoms. The first-order chi connectivity index (χ1) is 17.4. The Hall–Kier alpha value is -4.11. The van der Waals surface area contributed by atoms with E-state index in [0.29, 0.717) is 30.1 Å². The van der Waals surface area contributed by atoms with Crippen LogP contribution in [-0.2, 0) is 24.4 Å². The van der Waals surface area contributed by atoms with E-state index in [-0.39, 0.29) is 5.91 Å². The first kappa shape index (κ1) is 23.6. The maximum absolute atomic E-state index is 13.8. The summed E-state index contributed by atoms with van der Waals surface area (Å²) < 4.78 is 7.26. The third-order valence-electron chi connectivity index (χ3n) is 6.52. The van der Waals surface area contributed by atoms with Crippen molar-refractivity contribution in [2.75, 3.05) is 14.2 Å². The molecular weight excluding hydrogens is 454 g/mol. The van der Waals surface area contributed by atoms with E-state index < -0.39 is 0 Å². The molecule has 5 aromatic rings. The molecule has 1 amide bonds. The molecule has 0 aliphatic heterocycles. The summed E-state index contributed by atoms with van der Waals surface area (Å²) in [6.45, 7) is 7.70. The molecule has 0 atom stereocenters. The highest BCUT2D eigenvalue weighted by atomic mass is 16.5. The zero-order valence-electron chi connectivity index (χ0n) is 21.2. The topological polar surface area (TPSA) is 102 Å². The van der Waals surface area contributed by atoms with Crippen LogP contribution < -0.4 is 0 Å². The van der Waals surface area contributed by atoms with Gasteiger partial charge < -0.3 is 14.6 Å². The number of nitrogens with one attached hydrogen (secondary N) is 1. The molecule has 9 heteroatoms. The fourth-order valence-corrected chi connectivity index (χ4v) is 4.57. The third kappa shape index (κ3) is 4.22. The summed E-state index contributed by atoms with van der Waals surface area (Å²) in [4.78, 5) is 32.7. The molecule has 4 aromatic heterocycles. The Labute approximate surface area is 209 Å². The second-order valence-electron chi connectivity index (χ2n) is 8.96. The van der Waals surface area contributed by atoms with E-state index >= 15 is 0 Å². The lowest BCUT2D eigenvalue weighted by atomic mass is 10.0. The number of pyridine rings is 2. The number of rotatable bonds is 7. The van der Waals surface area contributed by atoms with Crippen molar-refractivity contribution in [3.8, 4) is 11.4 Å². The number of hydrogen-bond donors (Lipinski definition) is 1. The standard InChI is InChI=1S/C27H29N7O2/c1-6-34-17(3)19(12-30-34)13-33(4)27(35)21-10-23(24-11-25-26(16(2)31-24)29-15-28-25)32-22-8-7-18(14-36-5)9-20(21)22/h7-12,15H,6,13-14H2,1-5H3,(H,28,29). The van der Waals surface area contributed by atoms with Crippen molar-refractivity contribution in [1.82, 2.24) is 34.6 Å². The minimum absolute atomic E-state index is 0.0961. The van der Waals surface area contributed by atoms with Gasteiger partial charge in [-0.25, -0.2) is 15.0 Å². The Morgan fingerprint density at radius 1 is 1.14 bits per heavy atom. The molecule has 0 saturated heterocycles. The normalized spacial score (nSPS) is 11.5. The van der Waals surface area contributed by atoms with Gasteiger partial charge in [-0.2, -0.15) is 5.10 Å². The summed E-state index contributed by atoms with van der Waals surface area (Å²) in [5.41, 5.74) is 8.17. The summed E-state index contributed by atoms with van der Waals surface area (Å²) in [6.07, 6.45) is 3.49. The number of nitrogens with zero attached hydrogens (tertiary/aromatic N) is 6. The zero-order chi connectivity index (χ0) is 25.4. The van der Waals surface area contributed by atoms with Crippen molar-refractivity contribution in [2.24, 2.45) is 0 Å². The number of imidazole rings is 1. The monoisotopic (exact) mass is 483 g/mol. The first-order valence-electron chi connectivity index (χ1n) is 11.9. The predicted molar refractivity (Wildman–Crippen MR) is 139 cm³/mol. The Morgan fingerprint density at radius 3 is 2.69 bits per heavy atom. The van der Waals surface area contributed by atoms with Crippen molar-refractivity contribution < 1.29 is 9.53 Å². The lowest BCUT2D eigenvalue weighted by molar-refractivity contribution is 0.0787. The SMILES string of the molecule is CCn1ncc(CN(C)C(=O)c2cc(-c3cc4[nH]cnc4c(C)n3)nc3ccc(COC)cc23)c1C. The van der Waals surface area contributed by atoms with Crippen LogP contribution >= 0.6 is 0 Å². The highest BCUT2D eigenvalue weighted by Gasteiger charge is 2.20. The van der Waals surface area contributed by atoms with Gasteiger partial charge in [0.1, 0.15) is 5.52 Å². The smallest absolute Gasteiger partial charge is 0.254 e. The fraction of sp³-hybridized carbons (Fsp3) is 0.296. The summed E-state index contributed by atoms with van der Waals surface area (Å²) >= 11 is 0. The van der Waals surface area contributed by atoms with E-state index in [1.807, 2.05) is 62.1 Å². The highest BCUT2D eigenvalue weighted by Crippen LogP contribution is 2.28. The number of carbonyl (C=O) groups is 1. The van der Waals surface area contributed by atoms with Gasteiger partial charge in [0.05, 0.1) is 52.8 Å². The van der Waals surface area contributed by atoms with Crippen LogP contribution in [0.15, 0.2) is 42.9 Å². The van der Waals surface area contributed by atoms with Crippen molar-refractivity contribution in [3.05, 3.63) is 70.9 Å². The Kier molecular flexibility index (Phi) is 6.24. The van der Waals surface area contributed by atoms with Crippen LogP contribution in [0.5, 0.6) is 0 Å². The lowest BCUT2D eigenvalue weighted by Crippen LogP contribution is -2.27. The average Bonchev–Trinajstić information content (AvgIpc) is 3.50. The second-order valence-corrected chi connectivity index (χ2v) is 8.96. The van der Waals surface area contributed by atoms with E-state index in [4.69, 9.17) is 14.7 Å². The van der Waals surface area contributed by atoms with Gasteiger partial charge in [-0.15, -0.1) is 0 Å². The predicted octanol–water partition coefficient (Wildman–Crippen LogP) is 4.42. The van der Waals surface area contributed by atoms with Gasteiger partial charge in [0.25, 0.3) is 5.91 Å². The van der Waals surface area contributed by atoms with E-state index in [1.54, 1.807) is 18.3 Å². The lowest BCUT2D eigenvalue weighted by Gasteiger charge is -2.19. The van der Waals surface area contributed by atoms with Gasteiger partial charge in [-0.1, -0.05) is 6.07 Å². The van der Waals surface area contributed by atoms with Crippen LogP contribution in [0.1, 0.15) is 39.8 Å². The number of amides is 1. The molecule has 1 aromatic carbocycles. The molecule has 0 aliphatic carbocycles. The van der Waals surface area contributed by atoms with Crippen molar-refractivity contribution in [2.45, 2.75) is 40.5 Å². The minimum Gasteiger partial charge on any atom is -0.380 e. The molecule has 0 aliphatic rings. The Morgan fingerprint density at radius 2 is 1.94 bits per heavy atom. The van der Waals surface area contributed by atoms with Crippen LogP contribution in [0, 0.1) is 13.8 Å². The fourth-order valence-electron chi connectivity index (χ4n) is 4.57. The summed E-state index contributed by atoms with van der Waals surface area (Å²) in [5.74, 6) is -0.0961. The molecule has 184 valence electrons. The number of hydrogen-bond acceptors (Lipinski definition) is 6. The molecule has 9 nitrogen and oxygen atoms in total. The van der Waals surface area contributed by atoms with Crippen LogP contribution in [-0.4, -0.2) is 54.7 Å². The van der Waals surface area contributed by atoms with E-state index in [1.165, 1.54) is 0 Å². The molecule has 5 rings (SSSR count). The second kappa shape index (κ2) is 9.50. The van der Waals surface area contributed by atoms with Crippen LogP contribution in [0.4, 0.5) is 0 Å². The number of aryl methyl sites for hydroxylation is 2. The minimum atomic E-state index is -0.0961. The number of aromatic amines is 1. The number of carbonyl (C=O) groups excluding carboxylic acids is 1. The van der Waals surface area contributed by atoms with Gasteiger partial charge in [0.15, 0.2) is 0 Å². The molecule has 0 bridgehead atoms. The van der Waals surface area contributed by atoms with Crippen molar-refractivity contribution in [1.29, 1.82) is 0 Å². The van der Waals surface area contributed by atoms with E-state index in [0.717, 1.165) is 51.0 Å². The maximum Gasteiger partial charge on any atom is 0.254 e. The number of benzene rings is 1. The quantitative estimate of drug-likeness (QED) is 0.368. The first-order valence-corrected chi connectivity index (χ1v) is 11.9. The Balaban J connectivity index is 1.61. The third-order valence-corrected chi connectivity index (χ3v) is 6.52. The van der Waals surface area contributed by atoms with E-state index in [9.17, 15) is 4.79 Å². The van der Waals surface area contributed by atoms with Crippen molar-refractivity contribution >= 4 is 27.8 Å². The van der Waals surface area contributed by atoms with Crippen molar-refractivity contribution in [3.63, 3.8) is 0 Å². The van der Waals surface area contributed by atoms with Gasteiger partial charge >= 0.3 is 0 Å². The molecule has 0 radical (unpaired) electrons. The van der Waals surface area contributed by atoms with E-state index in [2.05, 4.69) is 22.0 Å². The summed E-state index contributed by atoms with van der Waals surface area (Å²) in [5, 5.41) is 5.21. The molecule has 0 unspecified atom stereocenters. The number of fused-ring (bicyclic) bond motifs is 2.